The van der Waals surface area contributed by atoms with Gasteiger partial charge in [0.2, 0.25) is 0 Å². The van der Waals surface area contributed by atoms with Crippen molar-refractivity contribution in [1.82, 2.24) is 19.6 Å². The van der Waals surface area contributed by atoms with Gasteiger partial charge in [0.05, 0.1) is 22.0 Å². The first-order valence-corrected chi connectivity index (χ1v) is 9.98. The van der Waals surface area contributed by atoms with Crippen LogP contribution in [0.1, 0.15) is 10.4 Å². The van der Waals surface area contributed by atoms with Crippen molar-refractivity contribution in [3.05, 3.63) is 102 Å². The van der Waals surface area contributed by atoms with E-state index in [0.29, 0.717) is 16.3 Å². The van der Waals surface area contributed by atoms with Gasteiger partial charge >= 0.3 is 0 Å². The molecule has 5 rings (SSSR count). The van der Waals surface area contributed by atoms with Crippen LogP contribution >= 0.6 is 11.6 Å². The molecule has 0 atom stereocenters. The zero-order valence-electron chi connectivity index (χ0n) is 16.2. The summed E-state index contributed by atoms with van der Waals surface area (Å²) in [4.78, 5) is 21.1. The van der Waals surface area contributed by atoms with E-state index in [9.17, 15) is 4.79 Å². The quantitative estimate of drug-likeness (QED) is 0.420. The molecule has 0 spiro atoms. The Hall–Kier alpha value is -4.03. The van der Waals surface area contributed by atoms with E-state index in [1.807, 2.05) is 48.5 Å². The van der Waals surface area contributed by atoms with E-state index in [4.69, 9.17) is 16.7 Å². The van der Waals surface area contributed by atoms with Crippen molar-refractivity contribution >= 4 is 28.8 Å². The largest absolute Gasteiger partial charge is 0.322 e. The molecule has 0 aliphatic rings. The van der Waals surface area contributed by atoms with Gasteiger partial charge in [0, 0.05) is 41.5 Å². The third-order valence-electron chi connectivity index (χ3n) is 4.87. The number of aromatic nitrogens is 4. The number of rotatable bonds is 4. The molecule has 6 nitrogen and oxygen atoms in total. The fraction of sp³-hybridized carbons (Fsp3) is 0. The first-order chi connectivity index (χ1) is 15.2. The molecule has 0 aliphatic carbocycles. The lowest BCUT2D eigenvalue weighted by Gasteiger charge is -2.09. The topological polar surface area (TPSA) is 72.2 Å². The highest BCUT2D eigenvalue weighted by Gasteiger charge is 2.13. The number of anilines is 1. The third-order valence-corrected chi connectivity index (χ3v) is 5.20. The number of carbonyl (C=O) groups excluding carboxylic acids is 1. The maximum atomic E-state index is 12.6. The summed E-state index contributed by atoms with van der Waals surface area (Å²) in [5.74, 6) is -0.262. The summed E-state index contributed by atoms with van der Waals surface area (Å²) >= 11 is 6.15. The van der Waals surface area contributed by atoms with Gasteiger partial charge in [0.1, 0.15) is 0 Å². The van der Waals surface area contributed by atoms with E-state index in [2.05, 4.69) is 15.3 Å². The summed E-state index contributed by atoms with van der Waals surface area (Å²) in [5, 5.41) is 8.05. The van der Waals surface area contributed by atoms with Crippen LogP contribution in [0.4, 0.5) is 5.69 Å². The van der Waals surface area contributed by atoms with Gasteiger partial charge in [-0.25, -0.2) is 9.50 Å². The number of pyridine rings is 1. The van der Waals surface area contributed by atoms with Crippen LogP contribution in [0.15, 0.2) is 91.4 Å². The molecule has 0 radical (unpaired) electrons. The lowest BCUT2D eigenvalue weighted by Crippen LogP contribution is -2.12. The summed E-state index contributed by atoms with van der Waals surface area (Å²) in [6.45, 7) is 0. The van der Waals surface area contributed by atoms with E-state index >= 15 is 0 Å². The van der Waals surface area contributed by atoms with Crippen molar-refractivity contribution in [1.29, 1.82) is 0 Å². The van der Waals surface area contributed by atoms with Gasteiger partial charge in [0.15, 0.2) is 5.65 Å². The van der Waals surface area contributed by atoms with E-state index < -0.39 is 0 Å². The van der Waals surface area contributed by atoms with Gasteiger partial charge < -0.3 is 5.32 Å². The van der Waals surface area contributed by atoms with Crippen LogP contribution in [0.5, 0.6) is 0 Å². The molecule has 31 heavy (non-hydrogen) atoms. The smallest absolute Gasteiger partial charge is 0.257 e. The number of hydrogen-bond donors (Lipinski definition) is 1. The lowest BCUT2D eigenvalue weighted by atomic mass is 10.1. The second-order valence-electron chi connectivity index (χ2n) is 6.88. The highest BCUT2D eigenvalue weighted by molar-refractivity contribution is 6.34. The summed E-state index contributed by atoms with van der Waals surface area (Å²) in [6, 6.07) is 22.2. The predicted molar refractivity (Wildman–Crippen MR) is 121 cm³/mol. The average Bonchev–Trinajstić information content (AvgIpc) is 3.25. The number of amides is 1. The second kappa shape index (κ2) is 8.01. The first-order valence-electron chi connectivity index (χ1n) is 9.60. The zero-order chi connectivity index (χ0) is 21.2. The maximum absolute atomic E-state index is 12.6. The molecule has 7 heteroatoms. The molecule has 5 aromatic rings. The SMILES string of the molecule is O=C(Nc1cccc(-c2ccnc3cc(-c4ccncc4)nn23)c1)c1ccccc1Cl. The number of fused-ring (bicyclic) bond motifs is 1. The summed E-state index contributed by atoms with van der Waals surface area (Å²) in [5.41, 5.74) is 5.35. The Morgan fingerprint density at radius 3 is 2.55 bits per heavy atom. The normalized spacial score (nSPS) is 10.9. The minimum Gasteiger partial charge on any atom is -0.322 e. The number of hydrogen-bond acceptors (Lipinski definition) is 4. The molecule has 2 aromatic carbocycles. The highest BCUT2D eigenvalue weighted by Crippen LogP contribution is 2.26. The zero-order valence-corrected chi connectivity index (χ0v) is 17.0. The predicted octanol–water partition coefficient (Wildman–Crippen LogP) is 5.36. The van der Waals surface area contributed by atoms with Crippen LogP contribution in [0.25, 0.3) is 28.2 Å². The number of benzene rings is 2. The van der Waals surface area contributed by atoms with Crippen molar-refractivity contribution in [2.24, 2.45) is 0 Å². The molecule has 0 saturated carbocycles. The van der Waals surface area contributed by atoms with Gasteiger partial charge in [-0.3, -0.25) is 9.78 Å². The Morgan fingerprint density at radius 2 is 1.71 bits per heavy atom. The van der Waals surface area contributed by atoms with Crippen LogP contribution in [-0.4, -0.2) is 25.5 Å². The molecule has 0 fully saturated rings. The molecular formula is C24H16ClN5O. The summed E-state index contributed by atoms with van der Waals surface area (Å²) in [7, 11) is 0. The van der Waals surface area contributed by atoms with E-state index in [1.54, 1.807) is 47.4 Å². The van der Waals surface area contributed by atoms with Crippen LogP contribution < -0.4 is 5.32 Å². The van der Waals surface area contributed by atoms with Crippen molar-refractivity contribution < 1.29 is 4.79 Å². The Kier molecular flexibility index (Phi) is 4.90. The number of carbonyl (C=O) groups is 1. The standard InChI is InChI=1S/C24H16ClN5O/c25-20-7-2-1-6-19(20)24(31)28-18-5-3-4-17(14-18)22-10-13-27-23-15-21(29-30(22)23)16-8-11-26-12-9-16/h1-15H,(H,28,31). The Balaban J connectivity index is 1.50. The van der Waals surface area contributed by atoms with Crippen molar-refractivity contribution in [3.63, 3.8) is 0 Å². The Bertz CT molecular complexity index is 1400. The number of nitrogens with one attached hydrogen (secondary N) is 1. The van der Waals surface area contributed by atoms with Crippen LogP contribution in [0.3, 0.4) is 0 Å². The van der Waals surface area contributed by atoms with Gasteiger partial charge in [0.25, 0.3) is 5.91 Å². The molecule has 3 heterocycles. The lowest BCUT2D eigenvalue weighted by molar-refractivity contribution is 0.102. The van der Waals surface area contributed by atoms with Crippen molar-refractivity contribution in [2.75, 3.05) is 5.32 Å². The Morgan fingerprint density at radius 1 is 0.871 bits per heavy atom. The molecule has 0 unspecified atom stereocenters. The Labute approximate surface area is 183 Å². The molecule has 0 saturated heterocycles. The fourth-order valence-corrected chi connectivity index (χ4v) is 3.60. The van der Waals surface area contributed by atoms with Gasteiger partial charge in [-0.05, 0) is 42.5 Å². The van der Waals surface area contributed by atoms with E-state index in [0.717, 1.165) is 28.2 Å². The molecule has 1 N–H and O–H groups in total. The van der Waals surface area contributed by atoms with E-state index in [1.165, 1.54) is 0 Å². The molecule has 3 aromatic heterocycles. The van der Waals surface area contributed by atoms with Crippen molar-refractivity contribution in [3.8, 4) is 22.5 Å². The minimum atomic E-state index is -0.262. The number of nitrogens with zero attached hydrogens (tertiary/aromatic N) is 4. The minimum absolute atomic E-state index is 0.262. The van der Waals surface area contributed by atoms with Crippen LogP contribution in [-0.2, 0) is 0 Å². The van der Waals surface area contributed by atoms with Crippen molar-refractivity contribution in [2.45, 2.75) is 0 Å². The highest BCUT2D eigenvalue weighted by atomic mass is 35.5. The average molecular weight is 426 g/mol. The molecular weight excluding hydrogens is 410 g/mol. The van der Waals surface area contributed by atoms with E-state index in [-0.39, 0.29) is 5.91 Å². The third kappa shape index (κ3) is 3.76. The van der Waals surface area contributed by atoms with Crippen LogP contribution in [0, 0.1) is 0 Å². The molecule has 0 aliphatic heterocycles. The maximum Gasteiger partial charge on any atom is 0.257 e. The van der Waals surface area contributed by atoms with Crippen LogP contribution in [0.2, 0.25) is 5.02 Å². The fourth-order valence-electron chi connectivity index (χ4n) is 3.38. The van der Waals surface area contributed by atoms with Gasteiger partial charge in [-0.1, -0.05) is 35.9 Å². The molecule has 1 amide bonds. The monoisotopic (exact) mass is 425 g/mol. The second-order valence-corrected chi connectivity index (χ2v) is 7.29. The first kappa shape index (κ1) is 19.0. The molecule has 150 valence electrons. The summed E-state index contributed by atoms with van der Waals surface area (Å²) < 4.78 is 1.80. The number of halogens is 1. The van der Waals surface area contributed by atoms with Gasteiger partial charge in [-0.15, -0.1) is 0 Å². The summed E-state index contributed by atoms with van der Waals surface area (Å²) in [6.07, 6.45) is 5.22. The molecule has 0 bridgehead atoms. The van der Waals surface area contributed by atoms with Gasteiger partial charge in [-0.2, -0.15) is 5.10 Å².